The summed E-state index contributed by atoms with van der Waals surface area (Å²) in [6.07, 6.45) is 8.09. The Morgan fingerprint density at radius 2 is 1.19 bits per heavy atom. The average molecular weight is 343 g/mol. The van der Waals surface area contributed by atoms with Crippen LogP contribution in [0.25, 0.3) is 0 Å². The van der Waals surface area contributed by atoms with E-state index in [2.05, 4.69) is 39.0 Å². The van der Waals surface area contributed by atoms with Crippen molar-refractivity contribution in [3.8, 4) is 0 Å². The molecule has 1 aliphatic heterocycles. The van der Waals surface area contributed by atoms with Crippen molar-refractivity contribution >= 4 is 16.5 Å². The minimum absolute atomic E-state index is 0.185. The van der Waals surface area contributed by atoms with E-state index >= 15 is 0 Å². The first-order valence-electron chi connectivity index (χ1n) is 7.87. The molecule has 1 fully saturated rings. The summed E-state index contributed by atoms with van der Waals surface area (Å²) in [7, 11) is -4.97. The average Bonchev–Trinajstić information content (AvgIpc) is 2.47. The van der Waals surface area contributed by atoms with Crippen LogP contribution < -0.4 is 0 Å². The highest BCUT2D eigenvalue weighted by molar-refractivity contribution is 7.48. The highest BCUT2D eigenvalue weighted by Gasteiger charge is 2.12. The molecule has 1 saturated heterocycles. The topological polar surface area (TPSA) is 65.1 Å². The smallest absolute Gasteiger partial charge is 0.303 e. The predicted molar refractivity (Wildman–Crippen MR) is 87.3 cm³/mol. The Kier molecular flexibility index (Phi) is 15.4. The molecule has 2 atom stereocenters. The van der Waals surface area contributed by atoms with E-state index in [9.17, 15) is 9.13 Å². The number of rotatable bonds is 9. The van der Waals surface area contributed by atoms with Crippen LogP contribution in [0.1, 0.15) is 59.3 Å². The quantitative estimate of drug-likeness (QED) is 0.575. The summed E-state index contributed by atoms with van der Waals surface area (Å²) in [5.74, 6) is 0. The molecule has 6 nitrogen and oxygen atoms in total. The van der Waals surface area contributed by atoms with Gasteiger partial charge in [-0.3, -0.25) is 18.2 Å². The van der Waals surface area contributed by atoms with Gasteiger partial charge in [0.05, 0.1) is 0 Å². The number of hydrogen-bond donors (Lipinski definition) is 0. The summed E-state index contributed by atoms with van der Waals surface area (Å²) in [6.45, 7) is 10.6. The fraction of sp³-hybridized carbons (Fsp3) is 1.00. The van der Waals surface area contributed by atoms with Gasteiger partial charge < -0.3 is 4.90 Å². The molecule has 0 radical (unpaired) electrons. The van der Waals surface area contributed by atoms with Gasteiger partial charge in [-0.2, -0.15) is 0 Å². The summed E-state index contributed by atoms with van der Waals surface area (Å²) in [6, 6.07) is 0. The lowest BCUT2D eigenvalue weighted by atomic mass is 10.2. The van der Waals surface area contributed by atoms with Crippen molar-refractivity contribution < 1.29 is 22.5 Å². The summed E-state index contributed by atoms with van der Waals surface area (Å²) in [5, 5.41) is 0. The Labute approximate surface area is 130 Å². The summed E-state index contributed by atoms with van der Waals surface area (Å²) < 4.78 is 33.0. The molecule has 21 heavy (non-hydrogen) atoms. The van der Waals surface area contributed by atoms with Gasteiger partial charge in [-0.1, -0.05) is 40.0 Å². The zero-order valence-corrected chi connectivity index (χ0v) is 15.6. The van der Waals surface area contributed by atoms with Gasteiger partial charge in [-0.05, 0) is 38.9 Å². The molecule has 0 amide bonds. The second kappa shape index (κ2) is 15.2. The third-order valence-electron chi connectivity index (χ3n) is 3.00. The Morgan fingerprint density at radius 3 is 1.43 bits per heavy atom. The van der Waals surface area contributed by atoms with Crippen LogP contribution in [0.3, 0.4) is 0 Å². The maximum absolute atomic E-state index is 10.2. The van der Waals surface area contributed by atoms with Gasteiger partial charge in [0.25, 0.3) is 0 Å². The Bertz CT molecular complexity index is 259. The second-order valence-corrected chi connectivity index (χ2v) is 7.30. The van der Waals surface area contributed by atoms with Crippen LogP contribution >= 0.6 is 16.5 Å². The number of unbranched alkanes of at least 4 members (excludes halogenated alkanes) is 3. The van der Waals surface area contributed by atoms with Crippen LogP contribution in [-0.4, -0.2) is 31.3 Å². The largest absolute Gasteiger partial charge is 0.328 e. The molecule has 1 rings (SSSR count). The standard InChI is InChI=1S/C12H27N.CH4O5P2/c1-4-7-10-13(11-8-5-2)12-9-6-3;2-7-4-1-5-8(3)6-7/h4-12H2,1-3H3;7-8H,1H2. The third kappa shape index (κ3) is 13.7. The highest BCUT2D eigenvalue weighted by atomic mass is 31.2. The van der Waals surface area contributed by atoms with Gasteiger partial charge in [0, 0.05) is 0 Å². The minimum atomic E-state index is -2.48. The number of hydrogen-bond acceptors (Lipinski definition) is 6. The van der Waals surface area contributed by atoms with Crippen LogP contribution in [-0.2, 0) is 22.5 Å². The first-order chi connectivity index (χ1) is 10.1. The van der Waals surface area contributed by atoms with Crippen LogP contribution in [0.4, 0.5) is 0 Å². The fourth-order valence-corrected chi connectivity index (χ4v) is 3.18. The molecule has 0 aromatic heterocycles. The lowest BCUT2D eigenvalue weighted by Gasteiger charge is -2.21. The molecule has 0 aliphatic carbocycles. The van der Waals surface area contributed by atoms with E-state index in [4.69, 9.17) is 0 Å². The van der Waals surface area contributed by atoms with Crippen LogP contribution in [0.5, 0.6) is 0 Å². The van der Waals surface area contributed by atoms with Crippen LogP contribution in [0.15, 0.2) is 0 Å². The molecule has 0 N–H and O–H groups in total. The normalized spacial score (nSPS) is 21.9. The first-order valence-corrected chi connectivity index (χ1v) is 10.3. The predicted octanol–water partition coefficient (Wildman–Crippen LogP) is 4.48. The highest BCUT2D eigenvalue weighted by Crippen LogP contribution is 2.44. The molecule has 1 heterocycles. The second-order valence-electron chi connectivity index (χ2n) is 4.91. The van der Waals surface area contributed by atoms with Crippen molar-refractivity contribution in [1.82, 2.24) is 4.90 Å². The van der Waals surface area contributed by atoms with Crippen molar-refractivity contribution in [2.45, 2.75) is 59.3 Å². The molecule has 128 valence electrons. The van der Waals surface area contributed by atoms with Crippen molar-refractivity contribution in [3.05, 3.63) is 0 Å². The molecule has 0 saturated carbocycles. The lowest BCUT2D eigenvalue weighted by Crippen LogP contribution is -2.27. The SMILES string of the molecule is CCCCN(CCCC)CCCC.O=[PH]1OCO[PH](=O)O1. The van der Waals surface area contributed by atoms with Crippen molar-refractivity contribution in [3.63, 3.8) is 0 Å². The zero-order valence-electron chi connectivity index (χ0n) is 13.6. The maximum atomic E-state index is 10.2. The van der Waals surface area contributed by atoms with Gasteiger partial charge in [0.2, 0.25) is 0 Å². The van der Waals surface area contributed by atoms with Crippen molar-refractivity contribution in [2.75, 3.05) is 26.4 Å². The number of nitrogens with zero attached hydrogens (tertiary/aromatic N) is 1. The van der Waals surface area contributed by atoms with Gasteiger partial charge in [-0.15, -0.1) is 0 Å². The molecule has 0 aromatic carbocycles. The first kappa shape index (κ1) is 21.3. The van der Waals surface area contributed by atoms with Gasteiger partial charge in [0.15, 0.2) is 6.79 Å². The van der Waals surface area contributed by atoms with E-state index in [-0.39, 0.29) is 6.79 Å². The Balaban J connectivity index is 0.000000423. The molecule has 0 aromatic rings. The molecular weight excluding hydrogens is 312 g/mol. The van der Waals surface area contributed by atoms with Crippen LogP contribution in [0, 0.1) is 0 Å². The summed E-state index contributed by atoms with van der Waals surface area (Å²) in [5.41, 5.74) is 0. The van der Waals surface area contributed by atoms with E-state index in [0.29, 0.717) is 0 Å². The van der Waals surface area contributed by atoms with E-state index in [1.165, 1.54) is 58.2 Å². The van der Waals surface area contributed by atoms with E-state index in [1.54, 1.807) is 0 Å². The molecule has 0 spiro atoms. The molecule has 0 bridgehead atoms. The van der Waals surface area contributed by atoms with E-state index in [0.717, 1.165) is 0 Å². The Morgan fingerprint density at radius 1 is 0.810 bits per heavy atom. The maximum Gasteiger partial charge on any atom is 0.328 e. The summed E-state index contributed by atoms with van der Waals surface area (Å²) >= 11 is 0. The van der Waals surface area contributed by atoms with Crippen LogP contribution in [0.2, 0.25) is 0 Å². The van der Waals surface area contributed by atoms with Gasteiger partial charge in [-0.25, -0.2) is 4.31 Å². The van der Waals surface area contributed by atoms with Gasteiger partial charge >= 0.3 is 16.5 Å². The monoisotopic (exact) mass is 343 g/mol. The third-order valence-corrected chi connectivity index (χ3v) is 5.04. The molecule has 2 unspecified atom stereocenters. The van der Waals surface area contributed by atoms with E-state index < -0.39 is 16.5 Å². The van der Waals surface area contributed by atoms with Gasteiger partial charge in [0.1, 0.15) is 0 Å². The molecular formula is C13H31NO5P2. The molecule has 8 heteroatoms. The summed E-state index contributed by atoms with van der Waals surface area (Å²) in [4.78, 5) is 2.64. The van der Waals surface area contributed by atoms with Crippen molar-refractivity contribution in [1.29, 1.82) is 0 Å². The molecule has 1 aliphatic rings. The Hall–Kier alpha value is 0.300. The lowest BCUT2D eigenvalue weighted by molar-refractivity contribution is 0.0870. The minimum Gasteiger partial charge on any atom is -0.303 e. The van der Waals surface area contributed by atoms with Crippen molar-refractivity contribution in [2.24, 2.45) is 0 Å². The zero-order chi connectivity index (χ0) is 15.9. The van der Waals surface area contributed by atoms with E-state index in [1.807, 2.05) is 0 Å². The fourth-order valence-electron chi connectivity index (χ4n) is 1.73.